The molecule has 0 N–H and O–H groups in total. The highest BCUT2D eigenvalue weighted by Gasteiger charge is 2.14. The molecule has 98 valence electrons. The van der Waals surface area contributed by atoms with E-state index in [0.717, 1.165) is 24.3 Å². The fourth-order valence-corrected chi connectivity index (χ4v) is 1.40. The van der Waals surface area contributed by atoms with Gasteiger partial charge in [-0.3, -0.25) is 4.79 Å². The van der Waals surface area contributed by atoms with Crippen molar-refractivity contribution in [3.63, 3.8) is 0 Å². The van der Waals surface area contributed by atoms with Crippen molar-refractivity contribution in [3.05, 3.63) is 59.2 Å². The lowest BCUT2D eigenvalue weighted by Crippen LogP contribution is -1.96. The first-order valence-corrected chi connectivity index (χ1v) is 5.08. The Kier molecular flexibility index (Phi) is 3.50. The van der Waals surface area contributed by atoms with Crippen LogP contribution in [0, 0.1) is 23.3 Å². The molecule has 6 heteroatoms. The van der Waals surface area contributed by atoms with Gasteiger partial charge in [-0.05, 0) is 24.3 Å². The van der Waals surface area contributed by atoms with E-state index in [0.29, 0.717) is 6.07 Å². The SMILES string of the molecule is O=Cc1cc(F)c(Oc2ccc(F)c(F)c2)c(F)c1. The Morgan fingerprint density at radius 3 is 2.00 bits per heavy atom. The lowest BCUT2D eigenvalue weighted by molar-refractivity contribution is 0.112. The van der Waals surface area contributed by atoms with Gasteiger partial charge in [-0.2, -0.15) is 0 Å². The van der Waals surface area contributed by atoms with Gasteiger partial charge in [0.25, 0.3) is 0 Å². The van der Waals surface area contributed by atoms with Crippen molar-refractivity contribution in [3.8, 4) is 11.5 Å². The summed E-state index contributed by atoms with van der Waals surface area (Å²) in [6, 6.07) is 3.98. The molecule has 2 aromatic rings. The zero-order valence-corrected chi connectivity index (χ0v) is 9.29. The van der Waals surface area contributed by atoms with E-state index in [9.17, 15) is 22.4 Å². The molecule has 0 aliphatic rings. The number of carbonyl (C=O) groups excluding carboxylic acids is 1. The number of hydrogen-bond acceptors (Lipinski definition) is 2. The second-order valence-electron chi connectivity index (χ2n) is 3.61. The predicted molar refractivity (Wildman–Crippen MR) is 58.2 cm³/mol. The van der Waals surface area contributed by atoms with Gasteiger partial charge >= 0.3 is 0 Å². The highest BCUT2D eigenvalue weighted by atomic mass is 19.2. The number of rotatable bonds is 3. The van der Waals surface area contributed by atoms with Crippen LogP contribution in [0.5, 0.6) is 11.5 Å². The van der Waals surface area contributed by atoms with Crippen LogP contribution in [0.1, 0.15) is 10.4 Å². The van der Waals surface area contributed by atoms with Crippen molar-refractivity contribution in [2.45, 2.75) is 0 Å². The zero-order valence-electron chi connectivity index (χ0n) is 9.29. The molecule has 0 atom stereocenters. The van der Waals surface area contributed by atoms with Crippen LogP contribution in [0.25, 0.3) is 0 Å². The molecule has 0 saturated heterocycles. The minimum Gasteiger partial charge on any atom is -0.451 e. The second-order valence-corrected chi connectivity index (χ2v) is 3.61. The molecule has 0 aromatic heterocycles. The van der Waals surface area contributed by atoms with Gasteiger partial charge in [0, 0.05) is 11.6 Å². The first-order chi connectivity index (χ1) is 9.01. The lowest BCUT2D eigenvalue weighted by Gasteiger charge is -2.08. The normalized spacial score (nSPS) is 10.3. The Labute approximate surface area is 105 Å². The fraction of sp³-hybridized carbons (Fsp3) is 0. The Bertz CT molecular complexity index is 618. The van der Waals surface area contributed by atoms with Crippen molar-refractivity contribution in [2.75, 3.05) is 0 Å². The highest BCUT2D eigenvalue weighted by Crippen LogP contribution is 2.29. The molecule has 2 nitrogen and oxygen atoms in total. The molecular weight excluding hydrogens is 264 g/mol. The van der Waals surface area contributed by atoms with Gasteiger partial charge in [0.1, 0.15) is 12.0 Å². The van der Waals surface area contributed by atoms with Gasteiger partial charge in [0.2, 0.25) is 0 Å². The molecule has 0 spiro atoms. The average molecular weight is 270 g/mol. The maximum Gasteiger partial charge on any atom is 0.198 e. The molecule has 0 fully saturated rings. The summed E-state index contributed by atoms with van der Waals surface area (Å²) in [5, 5.41) is 0. The number of benzene rings is 2. The number of carbonyl (C=O) groups is 1. The molecule has 0 unspecified atom stereocenters. The monoisotopic (exact) mass is 270 g/mol. The van der Waals surface area contributed by atoms with Gasteiger partial charge < -0.3 is 4.74 Å². The van der Waals surface area contributed by atoms with E-state index in [1.54, 1.807) is 0 Å². The summed E-state index contributed by atoms with van der Waals surface area (Å²) in [4.78, 5) is 10.4. The van der Waals surface area contributed by atoms with E-state index in [2.05, 4.69) is 0 Å². The van der Waals surface area contributed by atoms with Crippen molar-refractivity contribution in [1.29, 1.82) is 0 Å². The Balaban J connectivity index is 2.38. The number of ether oxygens (including phenoxy) is 1. The molecule has 0 saturated carbocycles. The topological polar surface area (TPSA) is 26.3 Å². The van der Waals surface area contributed by atoms with E-state index in [1.807, 2.05) is 0 Å². The number of hydrogen-bond donors (Lipinski definition) is 0. The maximum atomic E-state index is 13.5. The summed E-state index contributed by atoms with van der Waals surface area (Å²) in [5.41, 5.74) is -0.201. The van der Waals surface area contributed by atoms with E-state index in [1.165, 1.54) is 0 Å². The van der Waals surface area contributed by atoms with Crippen molar-refractivity contribution >= 4 is 6.29 Å². The number of halogens is 4. The Hall–Kier alpha value is -2.37. The summed E-state index contributed by atoms with van der Waals surface area (Å²) < 4.78 is 57.3. The van der Waals surface area contributed by atoms with Gasteiger partial charge in [-0.25, -0.2) is 17.6 Å². The van der Waals surface area contributed by atoms with Gasteiger partial charge in [0.05, 0.1) is 0 Å². The van der Waals surface area contributed by atoms with Crippen LogP contribution < -0.4 is 4.74 Å². The lowest BCUT2D eigenvalue weighted by atomic mass is 10.2. The summed E-state index contributed by atoms with van der Waals surface area (Å²) in [7, 11) is 0. The molecule has 0 aliphatic heterocycles. The van der Waals surface area contributed by atoms with Gasteiger partial charge in [0.15, 0.2) is 29.0 Å². The zero-order chi connectivity index (χ0) is 14.0. The van der Waals surface area contributed by atoms with Crippen LogP contribution in [-0.2, 0) is 0 Å². The fourth-order valence-electron chi connectivity index (χ4n) is 1.40. The highest BCUT2D eigenvalue weighted by molar-refractivity contribution is 5.75. The standard InChI is InChI=1S/C13H6F4O2/c14-9-2-1-8(5-10(9)15)19-13-11(16)3-7(6-18)4-12(13)17/h1-6H. The van der Waals surface area contributed by atoms with E-state index in [-0.39, 0.29) is 17.6 Å². The minimum absolute atomic E-state index is 0.201. The molecule has 0 aliphatic carbocycles. The van der Waals surface area contributed by atoms with E-state index >= 15 is 0 Å². The first kappa shape index (κ1) is 13.1. The van der Waals surface area contributed by atoms with Crippen LogP contribution in [0.2, 0.25) is 0 Å². The Morgan fingerprint density at radius 2 is 1.47 bits per heavy atom. The largest absolute Gasteiger partial charge is 0.451 e. The molecule has 2 rings (SSSR count). The van der Waals surface area contributed by atoms with Crippen molar-refractivity contribution in [2.24, 2.45) is 0 Å². The quantitative estimate of drug-likeness (QED) is 0.625. The smallest absolute Gasteiger partial charge is 0.198 e. The molecule has 0 amide bonds. The summed E-state index contributed by atoms with van der Waals surface area (Å²) >= 11 is 0. The van der Waals surface area contributed by atoms with E-state index in [4.69, 9.17) is 4.74 Å². The maximum absolute atomic E-state index is 13.5. The van der Waals surface area contributed by atoms with Gasteiger partial charge in [-0.15, -0.1) is 0 Å². The molecule has 2 aromatic carbocycles. The molecule has 0 heterocycles. The average Bonchev–Trinajstić information content (AvgIpc) is 2.37. The Morgan fingerprint density at radius 1 is 0.842 bits per heavy atom. The third-order valence-corrected chi connectivity index (χ3v) is 2.27. The molecule has 19 heavy (non-hydrogen) atoms. The summed E-state index contributed by atoms with van der Waals surface area (Å²) in [6.45, 7) is 0. The second kappa shape index (κ2) is 5.09. The molecule has 0 radical (unpaired) electrons. The van der Waals surface area contributed by atoms with Crippen LogP contribution in [0.4, 0.5) is 17.6 Å². The molecule has 0 bridgehead atoms. The van der Waals surface area contributed by atoms with Crippen LogP contribution in [0.3, 0.4) is 0 Å². The minimum atomic E-state index is -1.21. The van der Waals surface area contributed by atoms with Crippen LogP contribution in [-0.4, -0.2) is 6.29 Å². The van der Waals surface area contributed by atoms with Gasteiger partial charge in [-0.1, -0.05) is 0 Å². The third-order valence-electron chi connectivity index (χ3n) is 2.27. The van der Waals surface area contributed by atoms with Crippen molar-refractivity contribution in [1.82, 2.24) is 0 Å². The number of aldehydes is 1. The van der Waals surface area contributed by atoms with Crippen LogP contribution in [0.15, 0.2) is 30.3 Å². The van der Waals surface area contributed by atoms with Crippen LogP contribution >= 0.6 is 0 Å². The van der Waals surface area contributed by atoms with Crippen molar-refractivity contribution < 1.29 is 27.1 Å². The summed E-state index contributed by atoms with van der Waals surface area (Å²) in [6.07, 6.45) is 0.271. The summed E-state index contributed by atoms with van der Waals surface area (Å²) in [5.74, 6) is -5.61. The first-order valence-electron chi connectivity index (χ1n) is 5.08. The predicted octanol–water partition coefficient (Wildman–Crippen LogP) is 3.85. The third kappa shape index (κ3) is 2.73. The van der Waals surface area contributed by atoms with E-state index < -0.39 is 29.0 Å². The molecular formula is C13H6F4O2.